The average Bonchev–Trinajstić information content (AvgIpc) is 3.14. The van der Waals surface area contributed by atoms with Crippen molar-refractivity contribution in [2.75, 3.05) is 26.2 Å². The summed E-state index contributed by atoms with van der Waals surface area (Å²) in [6, 6.07) is 1.27. The summed E-state index contributed by atoms with van der Waals surface area (Å²) < 4.78 is 0. The van der Waals surface area contributed by atoms with Crippen molar-refractivity contribution < 1.29 is 5.11 Å². The van der Waals surface area contributed by atoms with E-state index in [0.29, 0.717) is 18.7 Å². The van der Waals surface area contributed by atoms with E-state index in [1.807, 2.05) is 0 Å². The molecule has 0 aromatic carbocycles. The lowest BCUT2D eigenvalue weighted by Crippen LogP contribution is -2.47. The van der Waals surface area contributed by atoms with E-state index in [4.69, 9.17) is 5.11 Å². The SMILES string of the molecule is CC(C)CN1CCC(NC(CCO)C2CC2)CC1. The van der Waals surface area contributed by atoms with Crippen LogP contribution < -0.4 is 5.32 Å². The molecule has 0 aromatic heterocycles. The molecule has 3 nitrogen and oxygen atoms in total. The highest BCUT2D eigenvalue weighted by atomic mass is 16.3. The van der Waals surface area contributed by atoms with Crippen molar-refractivity contribution in [3.05, 3.63) is 0 Å². The van der Waals surface area contributed by atoms with E-state index in [2.05, 4.69) is 24.1 Å². The Hall–Kier alpha value is -0.120. The maximum absolute atomic E-state index is 9.14. The summed E-state index contributed by atoms with van der Waals surface area (Å²) in [6.45, 7) is 8.66. The fourth-order valence-electron chi connectivity index (χ4n) is 3.19. The summed E-state index contributed by atoms with van der Waals surface area (Å²) in [4.78, 5) is 2.60. The van der Waals surface area contributed by atoms with Crippen LogP contribution in [0.15, 0.2) is 0 Å². The number of rotatable bonds is 7. The van der Waals surface area contributed by atoms with Crippen molar-refractivity contribution in [3.8, 4) is 0 Å². The van der Waals surface area contributed by atoms with Gasteiger partial charge < -0.3 is 15.3 Å². The Bertz CT molecular complexity index is 233. The number of aliphatic hydroxyl groups excluding tert-OH is 1. The minimum atomic E-state index is 0.334. The van der Waals surface area contributed by atoms with E-state index in [-0.39, 0.29) is 0 Å². The third-order valence-corrected chi connectivity index (χ3v) is 4.29. The molecule has 0 radical (unpaired) electrons. The molecular formula is C15H30N2O. The molecule has 1 saturated heterocycles. The van der Waals surface area contributed by atoms with Gasteiger partial charge in [-0.2, -0.15) is 0 Å². The molecule has 2 rings (SSSR count). The maximum Gasteiger partial charge on any atom is 0.0445 e. The van der Waals surface area contributed by atoms with Crippen LogP contribution in [-0.4, -0.2) is 48.3 Å². The van der Waals surface area contributed by atoms with Gasteiger partial charge in [-0.1, -0.05) is 13.8 Å². The molecular weight excluding hydrogens is 224 g/mol. The zero-order valence-corrected chi connectivity index (χ0v) is 12.1. The molecule has 0 amide bonds. The lowest BCUT2D eigenvalue weighted by molar-refractivity contribution is 0.165. The van der Waals surface area contributed by atoms with Crippen LogP contribution in [0.2, 0.25) is 0 Å². The van der Waals surface area contributed by atoms with Gasteiger partial charge in [0.2, 0.25) is 0 Å². The molecule has 0 bridgehead atoms. The van der Waals surface area contributed by atoms with Crippen LogP contribution in [0.3, 0.4) is 0 Å². The molecule has 1 atom stereocenters. The van der Waals surface area contributed by atoms with Gasteiger partial charge in [-0.3, -0.25) is 0 Å². The van der Waals surface area contributed by atoms with Crippen LogP contribution in [0.5, 0.6) is 0 Å². The summed E-state index contributed by atoms with van der Waals surface area (Å²) in [5.41, 5.74) is 0. The third kappa shape index (κ3) is 4.52. The Balaban J connectivity index is 1.68. The monoisotopic (exact) mass is 254 g/mol. The Labute approximate surface area is 112 Å². The molecule has 1 saturated carbocycles. The Morgan fingerprint density at radius 2 is 1.83 bits per heavy atom. The molecule has 2 N–H and O–H groups in total. The lowest BCUT2D eigenvalue weighted by Gasteiger charge is -2.35. The first kappa shape index (κ1) is 14.3. The predicted octanol–water partition coefficient (Wildman–Crippen LogP) is 1.86. The zero-order chi connectivity index (χ0) is 13.0. The van der Waals surface area contributed by atoms with Crippen molar-refractivity contribution in [2.45, 2.75) is 58.0 Å². The number of piperidine rings is 1. The fraction of sp³-hybridized carbons (Fsp3) is 1.00. The summed E-state index contributed by atoms with van der Waals surface area (Å²) in [5, 5.41) is 12.9. The first-order valence-electron chi connectivity index (χ1n) is 7.78. The van der Waals surface area contributed by atoms with Gasteiger partial charge >= 0.3 is 0 Å². The third-order valence-electron chi connectivity index (χ3n) is 4.29. The van der Waals surface area contributed by atoms with Crippen molar-refractivity contribution in [1.82, 2.24) is 10.2 Å². The Kier molecular flexibility index (Phi) is 5.46. The van der Waals surface area contributed by atoms with E-state index in [9.17, 15) is 0 Å². The van der Waals surface area contributed by atoms with Gasteiger partial charge in [0.25, 0.3) is 0 Å². The minimum Gasteiger partial charge on any atom is -0.396 e. The molecule has 18 heavy (non-hydrogen) atoms. The van der Waals surface area contributed by atoms with Crippen LogP contribution in [-0.2, 0) is 0 Å². The van der Waals surface area contributed by atoms with Gasteiger partial charge in [-0.15, -0.1) is 0 Å². The first-order valence-corrected chi connectivity index (χ1v) is 7.78. The molecule has 1 aliphatic heterocycles. The van der Waals surface area contributed by atoms with Gasteiger partial charge in [-0.05, 0) is 57.0 Å². The summed E-state index contributed by atoms with van der Waals surface area (Å²) in [5.74, 6) is 1.63. The van der Waals surface area contributed by atoms with Crippen LogP contribution in [0.1, 0.15) is 46.0 Å². The minimum absolute atomic E-state index is 0.334. The van der Waals surface area contributed by atoms with Crippen molar-refractivity contribution in [3.63, 3.8) is 0 Å². The van der Waals surface area contributed by atoms with Gasteiger partial charge in [0.05, 0.1) is 0 Å². The quantitative estimate of drug-likeness (QED) is 0.728. The fourth-order valence-corrected chi connectivity index (χ4v) is 3.19. The van der Waals surface area contributed by atoms with Crippen LogP contribution >= 0.6 is 0 Å². The second kappa shape index (κ2) is 6.88. The standard InChI is InChI=1S/C15H30N2O/c1-12(2)11-17-8-5-14(6-9-17)16-15(7-10-18)13-3-4-13/h12-16,18H,3-11H2,1-2H3. The number of nitrogens with zero attached hydrogens (tertiary/aromatic N) is 1. The second-order valence-electron chi connectivity index (χ2n) is 6.59. The smallest absolute Gasteiger partial charge is 0.0445 e. The van der Waals surface area contributed by atoms with E-state index >= 15 is 0 Å². The van der Waals surface area contributed by atoms with E-state index in [1.54, 1.807) is 0 Å². The molecule has 2 aliphatic rings. The normalized spacial score (nSPS) is 24.7. The van der Waals surface area contributed by atoms with Crippen molar-refractivity contribution in [2.24, 2.45) is 11.8 Å². The molecule has 0 spiro atoms. The molecule has 0 aromatic rings. The lowest BCUT2D eigenvalue weighted by atomic mass is 10.0. The maximum atomic E-state index is 9.14. The van der Waals surface area contributed by atoms with Gasteiger partial charge in [0, 0.05) is 25.2 Å². The van der Waals surface area contributed by atoms with Crippen LogP contribution in [0.4, 0.5) is 0 Å². The molecule has 3 heteroatoms. The topological polar surface area (TPSA) is 35.5 Å². The average molecular weight is 254 g/mol. The van der Waals surface area contributed by atoms with Gasteiger partial charge in [-0.25, -0.2) is 0 Å². The molecule has 106 valence electrons. The van der Waals surface area contributed by atoms with Crippen molar-refractivity contribution >= 4 is 0 Å². The number of hydrogen-bond donors (Lipinski definition) is 2. The Morgan fingerprint density at radius 3 is 2.33 bits per heavy atom. The Morgan fingerprint density at radius 1 is 1.17 bits per heavy atom. The molecule has 1 unspecified atom stereocenters. The van der Waals surface area contributed by atoms with Crippen molar-refractivity contribution in [1.29, 1.82) is 0 Å². The predicted molar refractivity (Wildman–Crippen MR) is 75.7 cm³/mol. The van der Waals surface area contributed by atoms with Gasteiger partial charge in [0.15, 0.2) is 0 Å². The first-order chi connectivity index (χ1) is 8.69. The second-order valence-corrected chi connectivity index (χ2v) is 6.59. The summed E-state index contributed by atoms with van der Waals surface area (Å²) >= 11 is 0. The number of aliphatic hydroxyl groups is 1. The highest BCUT2D eigenvalue weighted by molar-refractivity contribution is 4.89. The summed E-state index contributed by atoms with van der Waals surface area (Å²) in [6.07, 6.45) is 6.23. The molecule has 2 fully saturated rings. The highest BCUT2D eigenvalue weighted by Crippen LogP contribution is 2.34. The summed E-state index contributed by atoms with van der Waals surface area (Å²) in [7, 11) is 0. The van der Waals surface area contributed by atoms with E-state index < -0.39 is 0 Å². The number of likely N-dealkylation sites (tertiary alicyclic amines) is 1. The molecule has 1 heterocycles. The van der Waals surface area contributed by atoms with E-state index in [1.165, 1.54) is 45.3 Å². The zero-order valence-electron chi connectivity index (χ0n) is 12.1. The van der Waals surface area contributed by atoms with Crippen LogP contribution in [0.25, 0.3) is 0 Å². The van der Waals surface area contributed by atoms with Crippen LogP contribution in [0, 0.1) is 11.8 Å². The van der Waals surface area contributed by atoms with Gasteiger partial charge in [0.1, 0.15) is 0 Å². The number of hydrogen-bond acceptors (Lipinski definition) is 3. The molecule has 1 aliphatic carbocycles. The largest absolute Gasteiger partial charge is 0.396 e. The highest BCUT2D eigenvalue weighted by Gasteiger charge is 2.32. The van der Waals surface area contributed by atoms with E-state index in [0.717, 1.165) is 18.3 Å². The number of nitrogens with one attached hydrogen (secondary N) is 1.